The minimum Gasteiger partial charge on any atom is -0.444 e. The number of anilines is 1. The van der Waals surface area contributed by atoms with Gasteiger partial charge in [0.2, 0.25) is 11.8 Å². The van der Waals surface area contributed by atoms with Gasteiger partial charge < -0.3 is 15.4 Å². The Labute approximate surface area is 288 Å². The third-order valence-electron chi connectivity index (χ3n) is 7.76. The van der Waals surface area contributed by atoms with E-state index in [2.05, 4.69) is 15.5 Å². The number of hydrogen-bond donors (Lipinski definition) is 2. The molecule has 0 spiro atoms. The van der Waals surface area contributed by atoms with E-state index in [1.165, 1.54) is 28.0 Å². The molecule has 246 valence electrons. The fourth-order valence-electron chi connectivity index (χ4n) is 5.54. The van der Waals surface area contributed by atoms with Gasteiger partial charge in [0, 0.05) is 48.9 Å². The summed E-state index contributed by atoms with van der Waals surface area (Å²) in [6.07, 6.45) is 2.65. The van der Waals surface area contributed by atoms with Gasteiger partial charge in [-0.1, -0.05) is 53.2 Å². The molecular formula is C33H39Cl2N5O4S2. The highest BCUT2D eigenvalue weighted by atomic mass is 35.5. The number of benzene rings is 2. The Morgan fingerprint density at radius 2 is 1.83 bits per heavy atom. The number of carbonyl (C=O) groups is 3. The number of piperidine rings is 1. The lowest BCUT2D eigenvalue weighted by Crippen LogP contribution is -2.45. The number of nitrogens with one attached hydrogen (secondary N) is 2. The zero-order chi connectivity index (χ0) is 32.8. The van der Waals surface area contributed by atoms with E-state index >= 15 is 0 Å². The first-order valence-electron chi connectivity index (χ1n) is 15.4. The Hall–Kier alpha value is -2.83. The first-order chi connectivity index (χ1) is 21.9. The molecule has 2 aromatic carbocycles. The molecule has 2 saturated heterocycles. The maximum absolute atomic E-state index is 13.1. The maximum atomic E-state index is 13.1. The molecule has 1 aromatic heterocycles. The van der Waals surface area contributed by atoms with Gasteiger partial charge in [-0.05, 0) is 76.3 Å². The second-order valence-electron chi connectivity index (χ2n) is 12.6. The van der Waals surface area contributed by atoms with Gasteiger partial charge >= 0.3 is 6.09 Å². The van der Waals surface area contributed by atoms with E-state index in [1.54, 1.807) is 0 Å². The number of ether oxygens (including phenoxy) is 1. The third-order valence-corrected chi connectivity index (χ3v) is 10.5. The minimum atomic E-state index is -0.628. The number of carbonyl (C=O) groups excluding carboxylic acids is 3. The van der Waals surface area contributed by atoms with Crippen LogP contribution in [-0.4, -0.2) is 75.8 Å². The van der Waals surface area contributed by atoms with Crippen LogP contribution in [0.2, 0.25) is 10.0 Å². The zero-order valence-electron chi connectivity index (χ0n) is 26.2. The van der Waals surface area contributed by atoms with E-state index in [9.17, 15) is 14.4 Å². The molecule has 3 aromatic rings. The van der Waals surface area contributed by atoms with E-state index < -0.39 is 17.7 Å². The summed E-state index contributed by atoms with van der Waals surface area (Å²) in [6.45, 7) is 8.53. The van der Waals surface area contributed by atoms with Crippen LogP contribution in [0.1, 0.15) is 52.0 Å². The standard InChI is InChI=1S/C33H39Cl2N5O4S2/c1-33(2,3)44-32(43)40-13-5-8-28(40)30(42)37-24-7-4-6-22(17-24)27-19-45-31(38-27)46-20-29(41)36-23-11-14-39(15-12-23)18-21-9-10-25(34)26(35)16-21/h4,6-7,9-10,16-17,19,23,28H,5,8,11-15,18,20H2,1-3H3,(H,36,41)(H,37,42). The lowest BCUT2D eigenvalue weighted by Gasteiger charge is -2.32. The van der Waals surface area contributed by atoms with Crippen molar-refractivity contribution in [2.75, 3.05) is 30.7 Å². The number of amides is 3. The SMILES string of the molecule is CC(C)(C)OC(=O)N1CCCC1C(=O)Nc1cccc(-c2csc(SCC(=O)NC3CCN(Cc4ccc(Cl)c(Cl)c4)CC3)n2)c1. The van der Waals surface area contributed by atoms with E-state index in [4.69, 9.17) is 32.9 Å². The minimum absolute atomic E-state index is 0.00160. The highest BCUT2D eigenvalue weighted by Crippen LogP contribution is 2.30. The van der Waals surface area contributed by atoms with E-state index in [0.29, 0.717) is 34.5 Å². The largest absolute Gasteiger partial charge is 0.444 e. The van der Waals surface area contributed by atoms with Crippen molar-refractivity contribution < 1.29 is 19.1 Å². The molecule has 3 heterocycles. The molecule has 9 nitrogen and oxygen atoms in total. The number of likely N-dealkylation sites (tertiary alicyclic amines) is 2. The summed E-state index contributed by atoms with van der Waals surface area (Å²) >= 11 is 15.1. The Kier molecular flexibility index (Phi) is 11.5. The second-order valence-corrected chi connectivity index (χ2v) is 15.5. The first-order valence-corrected chi connectivity index (χ1v) is 18.0. The predicted octanol–water partition coefficient (Wildman–Crippen LogP) is 7.33. The van der Waals surface area contributed by atoms with Crippen molar-refractivity contribution in [2.24, 2.45) is 0 Å². The molecule has 0 aliphatic carbocycles. The maximum Gasteiger partial charge on any atom is 0.410 e. The van der Waals surface area contributed by atoms with Crippen LogP contribution in [-0.2, 0) is 20.9 Å². The number of thioether (sulfide) groups is 1. The van der Waals surface area contributed by atoms with Gasteiger partial charge in [0.15, 0.2) is 4.34 Å². The average Bonchev–Trinajstić information content (AvgIpc) is 3.69. The predicted molar refractivity (Wildman–Crippen MR) is 186 cm³/mol. The third kappa shape index (κ3) is 9.60. The summed E-state index contributed by atoms with van der Waals surface area (Å²) in [5.41, 5.74) is 2.76. The molecule has 2 fully saturated rings. The van der Waals surface area contributed by atoms with Crippen LogP contribution in [0.25, 0.3) is 11.3 Å². The van der Waals surface area contributed by atoms with Crippen LogP contribution in [0.3, 0.4) is 0 Å². The number of thiazole rings is 1. The summed E-state index contributed by atoms with van der Waals surface area (Å²) in [6, 6.07) is 12.8. The van der Waals surface area contributed by atoms with Gasteiger partial charge in [-0.15, -0.1) is 11.3 Å². The molecule has 2 N–H and O–H groups in total. The number of hydrogen-bond acceptors (Lipinski definition) is 8. The molecule has 46 heavy (non-hydrogen) atoms. The van der Waals surface area contributed by atoms with E-state index in [1.807, 2.05) is 68.6 Å². The van der Waals surface area contributed by atoms with Gasteiger partial charge in [0.25, 0.3) is 0 Å². The molecular weight excluding hydrogens is 665 g/mol. The number of aromatic nitrogens is 1. The van der Waals surface area contributed by atoms with Crippen LogP contribution in [0.4, 0.5) is 10.5 Å². The van der Waals surface area contributed by atoms with Crippen molar-refractivity contribution >= 4 is 69.9 Å². The van der Waals surface area contributed by atoms with Crippen molar-refractivity contribution in [1.82, 2.24) is 20.1 Å². The van der Waals surface area contributed by atoms with Crippen LogP contribution in [0, 0.1) is 0 Å². The Balaban J connectivity index is 1.07. The second kappa shape index (κ2) is 15.4. The van der Waals surface area contributed by atoms with Crippen molar-refractivity contribution in [2.45, 2.75) is 75.0 Å². The lowest BCUT2D eigenvalue weighted by atomic mass is 10.0. The smallest absolute Gasteiger partial charge is 0.410 e. The number of halogens is 2. The fraction of sp³-hybridized carbons (Fsp3) is 0.455. The van der Waals surface area contributed by atoms with Gasteiger partial charge in [0.05, 0.1) is 21.5 Å². The van der Waals surface area contributed by atoms with E-state index in [-0.39, 0.29) is 17.9 Å². The normalized spacial score (nSPS) is 17.6. The van der Waals surface area contributed by atoms with Crippen LogP contribution in [0.15, 0.2) is 52.2 Å². The van der Waals surface area contributed by atoms with Crippen molar-refractivity contribution in [3.8, 4) is 11.3 Å². The van der Waals surface area contributed by atoms with Gasteiger partial charge in [0.1, 0.15) is 11.6 Å². The molecule has 0 bridgehead atoms. The number of nitrogens with zero attached hydrogens (tertiary/aromatic N) is 3. The fourth-order valence-corrected chi connectivity index (χ4v) is 7.51. The molecule has 1 atom stereocenters. The summed E-state index contributed by atoms with van der Waals surface area (Å²) < 4.78 is 6.30. The molecule has 2 aliphatic rings. The average molecular weight is 705 g/mol. The Morgan fingerprint density at radius 3 is 2.57 bits per heavy atom. The molecule has 0 radical (unpaired) electrons. The van der Waals surface area contributed by atoms with Crippen molar-refractivity contribution in [3.05, 3.63) is 63.5 Å². The summed E-state index contributed by atoms with van der Waals surface area (Å²) in [5.74, 6) is 0.0575. The monoisotopic (exact) mass is 703 g/mol. The quantitative estimate of drug-likeness (QED) is 0.225. The summed E-state index contributed by atoms with van der Waals surface area (Å²) in [7, 11) is 0. The molecule has 2 aliphatic heterocycles. The summed E-state index contributed by atoms with van der Waals surface area (Å²) in [5, 5.41) is 9.22. The highest BCUT2D eigenvalue weighted by molar-refractivity contribution is 8.01. The topological polar surface area (TPSA) is 104 Å². The zero-order valence-corrected chi connectivity index (χ0v) is 29.3. The van der Waals surface area contributed by atoms with Crippen LogP contribution >= 0.6 is 46.3 Å². The molecule has 0 saturated carbocycles. The van der Waals surface area contributed by atoms with Crippen LogP contribution in [0.5, 0.6) is 0 Å². The van der Waals surface area contributed by atoms with Crippen LogP contribution < -0.4 is 10.6 Å². The Morgan fingerprint density at radius 1 is 1.04 bits per heavy atom. The van der Waals surface area contributed by atoms with Gasteiger partial charge in [-0.2, -0.15) is 0 Å². The van der Waals surface area contributed by atoms with E-state index in [0.717, 1.165) is 60.1 Å². The molecule has 13 heteroatoms. The molecule has 5 rings (SSSR count). The van der Waals surface area contributed by atoms with Crippen molar-refractivity contribution in [1.29, 1.82) is 0 Å². The van der Waals surface area contributed by atoms with Gasteiger partial charge in [-0.3, -0.25) is 19.4 Å². The van der Waals surface area contributed by atoms with Crippen molar-refractivity contribution in [3.63, 3.8) is 0 Å². The number of rotatable bonds is 9. The molecule has 3 amide bonds. The Bertz CT molecular complexity index is 1550. The highest BCUT2D eigenvalue weighted by Gasteiger charge is 2.36. The first kappa shape index (κ1) is 34.5. The van der Waals surface area contributed by atoms with Gasteiger partial charge in [-0.25, -0.2) is 9.78 Å². The summed E-state index contributed by atoms with van der Waals surface area (Å²) in [4.78, 5) is 47.1. The molecule has 1 unspecified atom stereocenters. The lowest BCUT2D eigenvalue weighted by molar-refractivity contribution is -0.120.